The molecule has 1 aliphatic carbocycles. The average molecular weight is 506 g/mol. The molecule has 7 nitrogen and oxygen atoms in total. The van der Waals surface area contributed by atoms with E-state index in [-0.39, 0.29) is 23.8 Å². The summed E-state index contributed by atoms with van der Waals surface area (Å²) in [5.41, 5.74) is 3.58. The molecule has 7 heteroatoms. The van der Waals surface area contributed by atoms with E-state index in [4.69, 9.17) is 14.6 Å². The monoisotopic (exact) mass is 505 g/mol. The maximum absolute atomic E-state index is 13.0. The summed E-state index contributed by atoms with van der Waals surface area (Å²) >= 11 is 0. The zero-order valence-electron chi connectivity index (χ0n) is 22.3. The van der Waals surface area contributed by atoms with Crippen molar-refractivity contribution in [3.63, 3.8) is 0 Å². The van der Waals surface area contributed by atoms with Crippen molar-refractivity contribution < 1.29 is 19.1 Å². The minimum atomic E-state index is 0.0171. The van der Waals surface area contributed by atoms with E-state index in [1.54, 1.807) is 12.1 Å². The highest BCUT2D eigenvalue weighted by atomic mass is 16.5. The van der Waals surface area contributed by atoms with Crippen molar-refractivity contribution in [3.8, 4) is 11.5 Å². The Morgan fingerprint density at radius 1 is 1.08 bits per heavy atom. The van der Waals surface area contributed by atoms with E-state index >= 15 is 0 Å². The third kappa shape index (κ3) is 6.90. The first-order valence-corrected chi connectivity index (χ1v) is 13.6. The number of nitrogens with zero attached hydrogens (tertiary/aromatic N) is 2. The van der Waals surface area contributed by atoms with Gasteiger partial charge < -0.3 is 14.8 Å². The fourth-order valence-electron chi connectivity index (χ4n) is 4.98. The van der Waals surface area contributed by atoms with Crippen LogP contribution in [-0.2, 0) is 16.1 Å². The largest absolute Gasteiger partial charge is 0.493 e. The molecule has 0 saturated heterocycles. The summed E-state index contributed by atoms with van der Waals surface area (Å²) < 4.78 is 11.9. The number of methoxy groups -OCH3 is 1. The second-order valence-corrected chi connectivity index (χ2v) is 9.98. The SMILES string of the molecule is CCCCC(=O)Nc1ccc(CN2N=C(c3ccc(OC)c(OC4CCCC4)c3)C(CC)CC2=O)cc1. The van der Waals surface area contributed by atoms with Gasteiger partial charge in [0.1, 0.15) is 0 Å². The van der Waals surface area contributed by atoms with Gasteiger partial charge >= 0.3 is 0 Å². The number of nitrogens with one attached hydrogen (secondary N) is 1. The Morgan fingerprint density at radius 3 is 2.51 bits per heavy atom. The van der Waals surface area contributed by atoms with Crippen molar-refractivity contribution in [1.82, 2.24) is 5.01 Å². The summed E-state index contributed by atoms with van der Waals surface area (Å²) in [6.07, 6.45) is 8.38. The summed E-state index contributed by atoms with van der Waals surface area (Å²) in [6, 6.07) is 13.6. The molecule has 0 bridgehead atoms. The maximum Gasteiger partial charge on any atom is 0.243 e. The lowest BCUT2D eigenvalue weighted by Gasteiger charge is -2.29. The molecular formula is C30H39N3O4. The fourth-order valence-corrected chi connectivity index (χ4v) is 4.98. The van der Waals surface area contributed by atoms with Crippen LogP contribution in [0, 0.1) is 5.92 Å². The normalized spacial score (nSPS) is 18.0. The number of ether oxygens (including phenoxy) is 2. The first kappa shape index (κ1) is 26.7. The Kier molecular flexibility index (Phi) is 9.20. The highest BCUT2D eigenvalue weighted by molar-refractivity contribution is 6.06. The zero-order valence-corrected chi connectivity index (χ0v) is 22.3. The Balaban J connectivity index is 1.52. The van der Waals surface area contributed by atoms with Crippen LogP contribution in [0.2, 0.25) is 0 Å². The van der Waals surface area contributed by atoms with E-state index < -0.39 is 0 Å². The van der Waals surface area contributed by atoms with Gasteiger partial charge in [-0.3, -0.25) is 9.59 Å². The first-order chi connectivity index (χ1) is 18.0. The van der Waals surface area contributed by atoms with Crippen molar-refractivity contribution >= 4 is 23.2 Å². The molecule has 4 rings (SSSR count). The molecular weight excluding hydrogens is 466 g/mol. The van der Waals surface area contributed by atoms with Crippen molar-refractivity contribution in [1.29, 1.82) is 0 Å². The van der Waals surface area contributed by atoms with E-state index in [0.29, 0.717) is 19.4 Å². The molecule has 1 aliphatic heterocycles. The van der Waals surface area contributed by atoms with Crippen LogP contribution in [-0.4, -0.2) is 35.7 Å². The Hall–Kier alpha value is -3.35. The molecule has 1 N–H and O–H groups in total. The summed E-state index contributed by atoms with van der Waals surface area (Å²) in [7, 11) is 1.66. The van der Waals surface area contributed by atoms with E-state index in [9.17, 15) is 9.59 Å². The fraction of sp³-hybridized carbons (Fsp3) is 0.500. The number of carbonyl (C=O) groups is 2. The van der Waals surface area contributed by atoms with Gasteiger partial charge in [-0.05, 0) is 74.4 Å². The standard InChI is InChI=1S/C30H39N3O4/c1-4-6-11-28(34)31-24-15-12-21(13-16-24)20-33-29(35)19-22(5-2)30(32-33)23-14-17-26(36-3)27(18-23)37-25-9-7-8-10-25/h12-18,22,25H,4-11,19-20H2,1-3H3,(H,31,34). The molecule has 1 saturated carbocycles. The van der Waals surface area contributed by atoms with E-state index in [0.717, 1.165) is 66.1 Å². The van der Waals surface area contributed by atoms with Crippen LogP contribution in [0.5, 0.6) is 11.5 Å². The molecule has 0 aromatic heterocycles. The van der Waals surface area contributed by atoms with Crippen LogP contribution in [0.1, 0.15) is 82.8 Å². The van der Waals surface area contributed by atoms with Gasteiger partial charge in [0.15, 0.2) is 11.5 Å². The second-order valence-electron chi connectivity index (χ2n) is 9.98. The average Bonchev–Trinajstić information content (AvgIpc) is 3.42. The van der Waals surface area contributed by atoms with Gasteiger partial charge in [0.05, 0.1) is 25.5 Å². The molecule has 1 unspecified atom stereocenters. The van der Waals surface area contributed by atoms with Gasteiger partial charge in [-0.25, -0.2) is 5.01 Å². The third-order valence-electron chi connectivity index (χ3n) is 7.20. The number of benzene rings is 2. The van der Waals surface area contributed by atoms with Crippen molar-refractivity contribution in [2.75, 3.05) is 12.4 Å². The number of carbonyl (C=O) groups excluding carboxylic acids is 2. The highest BCUT2D eigenvalue weighted by Crippen LogP contribution is 2.34. The van der Waals surface area contributed by atoms with Crippen LogP contribution in [0.15, 0.2) is 47.6 Å². The molecule has 1 heterocycles. The Labute approximate surface area is 220 Å². The molecule has 1 atom stereocenters. The lowest BCUT2D eigenvalue weighted by Crippen LogP contribution is -2.36. The summed E-state index contributed by atoms with van der Waals surface area (Å²) in [5.74, 6) is 1.55. The third-order valence-corrected chi connectivity index (χ3v) is 7.20. The smallest absolute Gasteiger partial charge is 0.243 e. The van der Waals surface area contributed by atoms with Crippen molar-refractivity contribution in [2.45, 2.75) is 84.3 Å². The molecule has 1 fully saturated rings. The lowest BCUT2D eigenvalue weighted by atomic mass is 9.89. The van der Waals surface area contributed by atoms with E-state index in [2.05, 4.69) is 19.2 Å². The maximum atomic E-state index is 13.0. The number of unbranched alkanes of at least 4 members (excludes halogenated alkanes) is 1. The summed E-state index contributed by atoms with van der Waals surface area (Å²) in [5, 5.41) is 9.34. The second kappa shape index (κ2) is 12.7. The molecule has 2 amide bonds. The minimum absolute atomic E-state index is 0.0171. The van der Waals surface area contributed by atoms with E-state index in [1.165, 1.54) is 12.8 Å². The number of rotatable bonds is 11. The van der Waals surface area contributed by atoms with Crippen LogP contribution >= 0.6 is 0 Å². The van der Waals surface area contributed by atoms with Gasteiger partial charge in [-0.15, -0.1) is 0 Å². The quantitative estimate of drug-likeness (QED) is 0.388. The molecule has 0 radical (unpaired) electrons. The van der Waals surface area contributed by atoms with Crippen LogP contribution in [0.3, 0.4) is 0 Å². The number of hydrogen-bond donors (Lipinski definition) is 1. The number of hydrogen-bond acceptors (Lipinski definition) is 5. The zero-order chi connectivity index (χ0) is 26.2. The lowest BCUT2D eigenvalue weighted by molar-refractivity contribution is -0.133. The summed E-state index contributed by atoms with van der Waals surface area (Å²) in [6.45, 7) is 4.54. The molecule has 0 spiro atoms. The Morgan fingerprint density at radius 2 is 1.84 bits per heavy atom. The van der Waals surface area contributed by atoms with Crippen LogP contribution < -0.4 is 14.8 Å². The number of anilines is 1. The van der Waals surface area contributed by atoms with Gasteiger partial charge in [0.25, 0.3) is 0 Å². The van der Waals surface area contributed by atoms with Gasteiger partial charge in [0.2, 0.25) is 11.8 Å². The minimum Gasteiger partial charge on any atom is -0.493 e. The topological polar surface area (TPSA) is 80.2 Å². The summed E-state index contributed by atoms with van der Waals surface area (Å²) in [4.78, 5) is 25.0. The van der Waals surface area contributed by atoms with Gasteiger partial charge in [0, 0.05) is 30.0 Å². The van der Waals surface area contributed by atoms with E-state index in [1.807, 2.05) is 42.5 Å². The molecule has 198 valence electrons. The number of hydrazone groups is 1. The first-order valence-electron chi connectivity index (χ1n) is 13.6. The van der Waals surface area contributed by atoms with Crippen molar-refractivity contribution in [2.24, 2.45) is 11.0 Å². The van der Waals surface area contributed by atoms with Gasteiger partial charge in [-0.2, -0.15) is 5.10 Å². The molecule has 2 aromatic rings. The highest BCUT2D eigenvalue weighted by Gasteiger charge is 2.30. The molecule has 37 heavy (non-hydrogen) atoms. The molecule has 2 aliphatic rings. The van der Waals surface area contributed by atoms with Crippen molar-refractivity contribution in [3.05, 3.63) is 53.6 Å². The molecule has 2 aromatic carbocycles. The predicted octanol–water partition coefficient (Wildman–Crippen LogP) is 6.31. The van der Waals surface area contributed by atoms with Crippen LogP contribution in [0.25, 0.3) is 0 Å². The predicted molar refractivity (Wildman–Crippen MR) is 146 cm³/mol. The van der Waals surface area contributed by atoms with Gasteiger partial charge in [-0.1, -0.05) is 32.4 Å². The van der Waals surface area contributed by atoms with Crippen LogP contribution in [0.4, 0.5) is 5.69 Å². The number of amides is 2. The Bertz CT molecular complexity index is 1110.